The molecule has 1 aromatic rings. The maximum Gasteiger partial charge on any atom is 0.273 e. The van der Waals surface area contributed by atoms with E-state index in [0.29, 0.717) is 0 Å². The van der Waals surface area contributed by atoms with Crippen molar-refractivity contribution < 1.29 is 4.79 Å². The summed E-state index contributed by atoms with van der Waals surface area (Å²) in [5.41, 5.74) is 12.4. The molecule has 5 N–H and O–H groups in total. The number of halogens is 2. The Bertz CT molecular complexity index is 415. The van der Waals surface area contributed by atoms with Crippen molar-refractivity contribution in [3.63, 3.8) is 0 Å². The lowest BCUT2D eigenvalue weighted by Gasteiger charge is -2.03. The number of hydrogen-bond acceptors (Lipinski definition) is 2. The number of guanidine groups is 1. The van der Waals surface area contributed by atoms with E-state index in [0.717, 1.165) is 0 Å². The molecule has 1 rings (SSSR count). The molecular formula is C8H8Cl2N4O. The number of nitrogens with one attached hydrogen (secondary N) is 1. The molecule has 0 aliphatic heterocycles. The Morgan fingerprint density at radius 2 is 2.00 bits per heavy atom. The van der Waals surface area contributed by atoms with Crippen LogP contribution in [0.25, 0.3) is 0 Å². The molecule has 1 amide bonds. The highest BCUT2D eigenvalue weighted by Crippen LogP contribution is 2.25. The van der Waals surface area contributed by atoms with Gasteiger partial charge in [-0.25, -0.2) is 5.43 Å². The Hall–Kier alpha value is -1.46. The molecule has 5 nitrogen and oxygen atoms in total. The molecule has 0 bridgehead atoms. The SMILES string of the molecule is N[13C](N)=NNC(=O)c1cccc(Cl)c1Cl. The fraction of sp³-hybridized carbons (Fsp3) is 0. The van der Waals surface area contributed by atoms with E-state index in [4.69, 9.17) is 34.7 Å². The van der Waals surface area contributed by atoms with Crippen LogP contribution in [0.1, 0.15) is 10.4 Å². The van der Waals surface area contributed by atoms with E-state index in [2.05, 4.69) is 10.5 Å². The summed E-state index contributed by atoms with van der Waals surface area (Å²) >= 11 is 11.5. The third kappa shape index (κ3) is 3.00. The normalized spacial score (nSPS) is 9.47. The van der Waals surface area contributed by atoms with Crippen LogP contribution in [0, 0.1) is 0 Å². The molecule has 7 heteroatoms. The van der Waals surface area contributed by atoms with E-state index in [1.165, 1.54) is 6.07 Å². The third-order valence-corrected chi connectivity index (χ3v) is 2.30. The lowest BCUT2D eigenvalue weighted by atomic mass is 10.2. The summed E-state index contributed by atoms with van der Waals surface area (Å²) in [5.74, 6) is -0.780. The van der Waals surface area contributed by atoms with Crippen LogP contribution >= 0.6 is 23.2 Å². The van der Waals surface area contributed by atoms with Gasteiger partial charge in [-0.1, -0.05) is 29.3 Å². The van der Waals surface area contributed by atoms with Crippen molar-refractivity contribution in [2.45, 2.75) is 0 Å². The molecule has 0 spiro atoms. The number of amides is 1. The van der Waals surface area contributed by atoms with Gasteiger partial charge in [-0.2, -0.15) is 0 Å². The van der Waals surface area contributed by atoms with Crippen molar-refractivity contribution in [1.82, 2.24) is 5.43 Å². The first kappa shape index (κ1) is 11.6. The van der Waals surface area contributed by atoms with Gasteiger partial charge in [0, 0.05) is 0 Å². The van der Waals surface area contributed by atoms with Crippen molar-refractivity contribution in [2.75, 3.05) is 0 Å². The fourth-order valence-electron chi connectivity index (χ4n) is 0.855. The largest absolute Gasteiger partial charge is 0.369 e. The standard InChI is InChI=1S/C8H8Cl2N4O/c9-5-3-1-2-4(6(5)10)7(15)13-14-8(11)12/h1-3H,(H,13,15)(H4,11,12,14)/i8+1. The fourth-order valence-corrected chi connectivity index (χ4v) is 1.24. The van der Waals surface area contributed by atoms with E-state index in [9.17, 15) is 4.79 Å². The van der Waals surface area contributed by atoms with Gasteiger partial charge in [0.2, 0.25) is 5.96 Å². The molecule has 0 aliphatic carbocycles. The van der Waals surface area contributed by atoms with Crippen LogP contribution in [0.15, 0.2) is 23.3 Å². The van der Waals surface area contributed by atoms with Gasteiger partial charge in [0.1, 0.15) is 0 Å². The van der Waals surface area contributed by atoms with Crippen LogP contribution in [0.2, 0.25) is 10.0 Å². The topological polar surface area (TPSA) is 93.5 Å². The van der Waals surface area contributed by atoms with Crippen molar-refractivity contribution in [3.8, 4) is 0 Å². The number of hydrogen-bond donors (Lipinski definition) is 3. The highest BCUT2D eigenvalue weighted by Gasteiger charge is 2.11. The predicted molar refractivity (Wildman–Crippen MR) is 59.7 cm³/mol. The van der Waals surface area contributed by atoms with Crippen LogP contribution < -0.4 is 16.9 Å². The predicted octanol–water partition coefficient (Wildman–Crippen LogP) is 0.912. The zero-order valence-corrected chi connectivity index (χ0v) is 9.01. The first-order chi connectivity index (χ1) is 7.02. The van der Waals surface area contributed by atoms with Gasteiger partial charge in [-0.15, -0.1) is 5.10 Å². The van der Waals surface area contributed by atoms with Crippen LogP contribution in [-0.2, 0) is 0 Å². The average Bonchev–Trinajstić information content (AvgIpc) is 2.18. The number of carbonyl (C=O) groups is 1. The van der Waals surface area contributed by atoms with Gasteiger partial charge in [0.25, 0.3) is 5.91 Å². The molecule has 0 aromatic heterocycles. The summed E-state index contributed by atoms with van der Waals surface area (Å²) < 4.78 is 0. The number of hydrazone groups is 1. The molecule has 0 heterocycles. The highest BCUT2D eigenvalue weighted by molar-refractivity contribution is 6.43. The minimum Gasteiger partial charge on any atom is -0.369 e. The maximum atomic E-state index is 11.4. The summed E-state index contributed by atoms with van der Waals surface area (Å²) in [5, 5.41) is 3.78. The zero-order valence-electron chi connectivity index (χ0n) is 7.50. The molecule has 0 fully saturated rings. The quantitative estimate of drug-likeness (QED) is 0.314. The van der Waals surface area contributed by atoms with E-state index < -0.39 is 5.91 Å². The van der Waals surface area contributed by atoms with Crippen LogP contribution in [0.4, 0.5) is 0 Å². The molecule has 0 radical (unpaired) electrons. The van der Waals surface area contributed by atoms with Crippen LogP contribution in [0.5, 0.6) is 0 Å². The highest BCUT2D eigenvalue weighted by atomic mass is 35.5. The van der Waals surface area contributed by atoms with E-state index in [1.807, 2.05) is 0 Å². The number of nitrogens with two attached hydrogens (primary N) is 2. The van der Waals surface area contributed by atoms with Crippen LogP contribution in [0.3, 0.4) is 0 Å². The molecule has 0 atom stereocenters. The first-order valence-corrected chi connectivity index (χ1v) is 4.61. The first-order valence-electron chi connectivity index (χ1n) is 3.85. The van der Waals surface area contributed by atoms with Crippen molar-refractivity contribution in [3.05, 3.63) is 33.8 Å². The average molecular weight is 248 g/mol. The monoisotopic (exact) mass is 247 g/mol. The number of nitrogens with zero attached hydrogens (tertiary/aromatic N) is 1. The summed E-state index contributed by atoms with van der Waals surface area (Å²) in [6, 6.07) is 4.67. The van der Waals surface area contributed by atoms with Crippen molar-refractivity contribution in [1.29, 1.82) is 0 Å². The Labute approximate surface area is 96.0 Å². The smallest absolute Gasteiger partial charge is 0.273 e. The zero-order chi connectivity index (χ0) is 11.4. The molecule has 0 saturated heterocycles. The second kappa shape index (κ2) is 4.86. The minimum atomic E-state index is -0.532. The lowest BCUT2D eigenvalue weighted by Crippen LogP contribution is -2.29. The minimum absolute atomic E-state index is 0.155. The summed E-state index contributed by atoms with van der Waals surface area (Å²) in [6.07, 6.45) is 0. The Kier molecular flexibility index (Phi) is 3.76. The summed E-state index contributed by atoms with van der Waals surface area (Å²) in [6.45, 7) is 0. The Morgan fingerprint density at radius 1 is 1.33 bits per heavy atom. The van der Waals surface area contributed by atoms with Crippen LogP contribution in [-0.4, -0.2) is 11.9 Å². The maximum absolute atomic E-state index is 11.4. The van der Waals surface area contributed by atoms with E-state index in [-0.39, 0.29) is 21.6 Å². The molecule has 0 saturated carbocycles. The van der Waals surface area contributed by atoms with Crippen molar-refractivity contribution >= 4 is 35.1 Å². The van der Waals surface area contributed by atoms with Gasteiger partial charge in [-0.3, -0.25) is 4.79 Å². The van der Waals surface area contributed by atoms with Gasteiger partial charge in [-0.05, 0) is 12.1 Å². The summed E-state index contributed by atoms with van der Waals surface area (Å²) in [4.78, 5) is 11.4. The number of rotatable bonds is 2. The second-order valence-electron chi connectivity index (χ2n) is 2.58. The molecule has 0 unspecified atom stereocenters. The van der Waals surface area contributed by atoms with Crippen molar-refractivity contribution in [2.24, 2.45) is 16.6 Å². The van der Waals surface area contributed by atoms with Gasteiger partial charge >= 0.3 is 0 Å². The number of carbonyl (C=O) groups excluding carboxylic acids is 1. The van der Waals surface area contributed by atoms with Gasteiger partial charge < -0.3 is 11.5 Å². The Balaban J connectivity index is 2.92. The molecule has 0 aliphatic rings. The van der Waals surface area contributed by atoms with E-state index in [1.54, 1.807) is 12.1 Å². The molecule has 80 valence electrons. The summed E-state index contributed by atoms with van der Waals surface area (Å²) in [7, 11) is 0. The molecule has 15 heavy (non-hydrogen) atoms. The van der Waals surface area contributed by atoms with Gasteiger partial charge in [0.05, 0.1) is 15.6 Å². The molecular weight excluding hydrogens is 240 g/mol. The third-order valence-electron chi connectivity index (χ3n) is 1.48. The number of benzene rings is 1. The van der Waals surface area contributed by atoms with Gasteiger partial charge in [0.15, 0.2) is 0 Å². The molecule has 1 aromatic carbocycles. The van der Waals surface area contributed by atoms with E-state index >= 15 is 0 Å². The second-order valence-corrected chi connectivity index (χ2v) is 3.36. The lowest BCUT2D eigenvalue weighted by molar-refractivity contribution is 0.0955. The Morgan fingerprint density at radius 3 is 2.60 bits per heavy atom.